The highest BCUT2D eigenvalue weighted by molar-refractivity contribution is 6.31. The van der Waals surface area contributed by atoms with E-state index in [-0.39, 0.29) is 12.1 Å². The second-order valence-corrected chi connectivity index (χ2v) is 11.4. The number of aryl methyl sites for hydroxylation is 1. The maximum atomic E-state index is 15.0. The third-order valence-corrected chi connectivity index (χ3v) is 8.72. The van der Waals surface area contributed by atoms with Crippen molar-refractivity contribution in [2.24, 2.45) is 0 Å². The molecule has 6 rings (SSSR count). The van der Waals surface area contributed by atoms with Crippen molar-refractivity contribution in [2.45, 2.75) is 32.0 Å². The maximum absolute atomic E-state index is 15.0. The first-order chi connectivity index (χ1) is 21.1. The number of anilines is 2. The normalized spacial score (nSPS) is 15.8. The summed E-state index contributed by atoms with van der Waals surface area (Å²) in [5.41, 5.74) is 1.02. The van der Waals surface area contributed by atoms with Crippen LogP contribution in [0.1, 0.15) is 24.1 Å². The van der Waals surface area contributed by atoms with E-state index in [0.717, 1.165) is 65.0 Å². The van der Waals surface area contributed by atoms with E-state index in [0.29, 0.717) is 11.8 Å². The summed E-state index contributed by atoms with van der Waals surface area (Å²) in [6.45, 7) is 6.62. The Hall–Kier alpha value is -4.55. The lowest BCUT2D eigenvalue weighted by Gasteiger charge is -2.37. The molecule has 1 aliphatic heterocycles. The van der Waals surface area contributed by atoms with Crippen LogP contribution in [0.3, 0.4) is 0 Å². The van der Waals surface area contributed by atoms with Gasteiger partial charge in [-0.05, 0) is 61.9 Å². The lowest BCUT2D eigenvalue weighted by Crippen LogP contribution is -2.46. The van der Waals surface area contributed by atoms with Crippen LogP contribution in [0.2, 0.25) is 5.02 Å². The van der Waals surface area contributed by atoms with Crippen LogP contribution in [0.25, 0.3) is 5.69 Å². The predicted octanol–water partition coefficient (Wildman–Crippen LogP) is 4.34. The summed E-state index contributed by atoms with van der Waals surface area (Å²) in [4.78, 5) is 22.0. The molecule has 1 fully saturated rings. The van der Waals surface area contributed by atoms with E-state index in [2.05, 4.69) is 31.0 Å². The van der Waals surface area contributed by atoms with E-state index in [9.17, 15) is 18.7 Å². The van der Waals surface area contributed by atoms with Crippen molar-refractivity contribution in [3.8, 4) is 5.69 Å². The minimum Gasteiger partial charge on any atom is -0.381 e. The zero-order valence-corrected chi connectivity index (χ0v) is 24.9. The number of benzene rings is 3. The highest BCUT2D eigenvalue weighted by Crippen LogP contribution is 2.36. The van der Waals surface area contributed by atoms with Gasteiger partial charge in [0.25, 0.3) is 0 Å². The van der Waals surface area contributed by atoms with Gasteiger partial charge in [-0.1, -0.05) is 23.7 Å². The van der Waals surface area contributed by atoms with E-state index in [1.807, 2.05) is 43.3 Å². The van der Waals surface area contributed by atoms with Gasteiger partial charge >= 0.3 is 5.69 Å². The molecule has 2 atom stereocenters. The molecule has 1 N–H and O–H groups in total. The van der Waals surface area contributed by atoms with E-state index < -0.39 is 29.0 Å². The summed E-state index contributed by atoms with van der Waals surface area (Å²) in [5, 5.41) is 20.9. The number of nitrogens with zero attached hydrogens (tertiary/aromatic N) is 8. The molecule has 1 aliphatic rings. The number of hydrogen-bond donors (Lipinski definition) is 1. The highest BCUT2D eigenvalue weighted by atomic mass is 35.5. The van der Waals surface area contributed by atoms with E-state index in [4.69, 9.17) is 11.6 Å². The highest BCUT2D eigenvalue weighted by Gasteiger charge is 2.42. The summed E-state index contributed by atoms with van der Waals surface area (Å²) in [5.74, 6) is -1.74. The molecule has 44 heavy (non-hydrogen) atoms. The molecule has 5 aromatic rings. The van der Waals surface area contributed by atoms with Crippen LogP contribution in [-0.4, -0.2) is 60.4 Å². The van der Waals surface area contributed by atoms with Crippen LogP contribution in [0.15, 0.2) is 84.4 Å². The van der Waals surface area contributed by atoms with Crippen LogP contribution < -0.4 is 15.5 Å². The number of aromatic nitrogens is 6. The average molecular weight is 621 g/mol. The van der Waals surface area contributed by atoms with Gasteiger partial charge in [0, 0.05) is 54.2 Å². The van der Waals surface area contributed by atoms with Crippen molar-refractivity contribution in [1.82, 2.24) is 29.1 Å². The van der Waals surface area contributed by atoms with Crippen molar-refractivity contribution in [3.63, 3.8) is 0 Å². The molecule has 0 spiro atoms. The molecule has 10 nitrogen and oxygen atoms in total. The Balaban J connectivity index is 1.21. The molecule has 0 saturated carbocycles. The molecule has 2 aromatic heterocycles. The molecule has 13 heteroatoms. The fourth-order valence-electron chi connectivity index (χ4n) is 5.63. The molecule has 228 valence electrons. The van der Waals surface area contributed by atoms with Gasteiger partial charge in [0.05, 0.1) is 18.3 Å². The minimum absolute atomic E-state index is 0.196. The standard InChI is InChI=1S/C31H31ClF2N8O2/c1-21-3-5-26(16-28(21)32)39-13-11-38(12-14-39)24-6-8-25(9-7-24)41-20-37-42(30(41)43)22(2)31(44,17-40-19-35-18-36-40)27-10-4-23(33)15-29(27)34/h3-10,15-16,18-20,22,44H,11-14,17H2,1-2H3. The second kappa shape index (κ2) is 11.9. The Labute approximate surface area is 257 Å². The van der Waals surface area contributed by atoms with Gasteiger partial charge in [0.1, 0.15) is 36.2 Å². The van der Waals surface area contributed by atoms with Crippen LogP contribution >= 0.6 is 11.6 Å². The summed E-state index contributed by atoms with van der Waals surface area (Å²) >= 11 is 6.33. The lowest BCUT2D eigenvalue weighted by molar-refractivity contribution is -0.0381. The Morgan fingerprint density at radius 3 is 2.20 bits per heavy atom. The number of halogens is 3. The summed E-state index contributed by atoms with van der Waals surface area (Å²) in [7, 11) is 0. The molecule has 0 radical (unpaired) electrons. The smallest absolute Gasteiger partial charge is 0.350 e. The molecule has 3 aromatic carbocycles. The van der Waals surface area contributed by atoms with Gasteiger partial charge in [0.15, 0.2) is 0 Å². The first-order valence-electron chi connectivity index (χ1n) is 14.2. The number of piperazine rings is 1. The molecular formula is C31H31ClF2N8O2. The monoisotopic (exact) mass is 620 g/mol. The maximum Gasteiger partial charge on any atom is 0.350 e. The fraction of sp³-hybridized carbons (Fsp3) is 0.290. The Morgan fingerprint density at radius 2 is 1.57 bits per heavy atom. The first kappa shape index (κ1) is 29.5. The van der Waals surface area contributed by atoms with Gasteiger partial charge in [-0.3, -0.25) is 0 Å². The quantitative estimate of drug-likeness (QED) is 0.276. The van der Waals surface area contributed by atoms with Crippen molar-refractivity contribution < 1.29 is 13.9 Å². The van der Waals surface area contributed by atoms with Crippen LogP contribution in [0.4, 0.5) is 20.2 Å². The van der Waals surface area contributed by atoms with Crippen molar-refractivity contribution in [3.05, 3.63) is 118 Å². The van der Waals surface area contributed by atoms with Crippen LogP contribution in [0, 0.1) is 18.6 Å². The van der Waals surface area contributed by atoms with E-state index in [1.165, 1.54) is 28.2 Å². The molecule has 3 heterocycles. The zero-order valence-electron chi connectivity index (χ0n) is 24.2. The van der Waals surface area contributed by atoms with Gasteiger partial charge < -0.3 is 14.9 Å². The Kier molecular flexibility index (Phi) is 7.95. The first-order valence-corrected chi connectivity index (χ1v) is 14.5. The van der Waals surface area contributed by atoms with Crippen LogP contribution in [0.5, 0.6) is 0 Å². The number of hydrogen-bond acceptors (Lipinski definition) is 7. The van der Waals surface area contributed by atoms with E-state index in [1.54, 1.807) is 6.92 Å². The number of aliphatic hydroxyl groups is 1. The SMILES string of the molecule is Cc1ccc(N2CCN(c3ccc(-n4cnn(C(C)C(O)(Cn5cncn5)c5ccc(F)cc5F)c4=O)cc3)CC2)cc1Cl. The van der Waals surface area contributed by atoms with E-state index >= 15 is 0 Å². The zero-order chi connectivity index (χ0) is 31.0. The fourth-order valence-corrected chi connectivity index (χ4v) is 5.81. The third kappa shape index (κ3) is 5.58. The summed E-state index contributed by atoms with van der Waals surface area (Å²) in [6, 6.07) is 15.5. The second-order valence-electron chi connectivity index (χ2n) is 11.0. The van der Waals surface area contributed by atoms with Gasteiger partial charge in [-0.2, -0.15) is 10.2 Å². The van der Waals surface area contributed by atoms with Gasteiger partial charge in [0.2, 0.25) is 0 Å². The molecule has 0 bridgehead atoms. The van der Waals surface area contributed by atoms with Crippen molar-refractivity contribution in [1.29, 1.82) is 0 Å². The minimum atomic E-state index is -2.02. The molecule has 0 amide bonds. The predicted molar refractivity (Wildman–Crippen MR) is 163 cm³/mol. The van der Waals surface area contributed by atoms with Gasteiger partial charge in [-0.15, -0.1) is 0 Å². The number of rotatable bonds is 8. The Morgan fingerprint density at radius 1 is 0.909 bits per heavy atom. The van der Waals surface area contributed by atoms with Crippen molar-refractivity contribution >= 4 is 23.0 Å². The van der Waals surface area contributed by atoms with Crippen molar-refractivity contribution in [2.75, 3.05) is 36.0 Å². The Bertz CT molecular complexity index is 1820. The van der Waals surface area contributed by atoms with Gasteiger partial charge in [-0.25, -0.2) is 32.5 Å². The topological polar surface area (TPSA) is 97.2 Å². The molecule has 0 aliphatic carbocycles. The lowest BCUT2D eigenvalue weighted by atomic mass is 9.86. The summed E-state index contributed by atoms with van der Waals surface area (Å²) < 4.78 is 32.5. The molecular weight excluding hydrogens is 590 g/mol. The third-order valence-electron chi connectivity index (χ3n) is 8.31. The molecule has 1 saturated heterocycles. The van der Waals surface area contributed by atoms with Crippen LogP contribution in [-0.2, 0) is 12.1 Å². The largest absolute Gasteiger partial charge is 0.381 e. The summed E-state index contributed by atoms with van der Waals surface area (Å²) in [6.07, 6.45) is 3.99. The molecule has 2 unspecified atom stereocenters. The average Bonchev–Trinajstić information content (AvgIpc) is 3.67.